The van der Waals surface area contributed by atoms with Crippen LogP contribution in [0, 0.1) is 20.8 Å². The number of rotatable bonds is 9. The first-order valence-electron chi connectivity index (χ1n) is 28.6. The molecule has 0 spiro atoms. The molecule has 3 aromatic carbocycles. The van der Waals surface area contributed by atoms with Crippen LogP contribution in [0.25, 0.3) is 33.1 Å². The molecule has 10 aromatic rings. The van der Waals surface area contributed by atoms with Gasteiger partial charge in [0.2, 0.25) is 17.7 Å². The molecule has 10 heterocycles. The largest absolute Gasteiger partial charge is 0.368 e. The molecule has 3 aliphatic rings. The Morgan fingerprint density at radius 1 is 0.500 bits per heavy atom. The number of aromatic amines is 1. The number of H-pyrrole nitrogens is 1. The highest BCUT2D eigenvalue weighted by molar-refractivity contribution is 6.37. The van der Waals surface area contributed by atoms with Gasteiger partial charge in [-0.3, -0.25) is 40.6 Å². The minimum atomic E-state index is 0.0154. The lowest BCUT2D eigenvalue weighted by Gasteiger charge is -2.36. The van der Waals surface area contributed by atoms with E-state index in [9.17, 15) is 19.2 Å². The lowest BCUT2D eigenvalue weighted by atomic mass is 10.2. The number of nitrogens with zero attached hydrogens (tertiary/aromatic N) is 19. The van der Waals surface area contributed by atoms with Gasteiger partial charge in [-0.15, -0.1) is 11.6 Å². The van der Waals surface area contributed by atoms with Crippen LogP contribution in [0.2, 0.25) is 40.8 Å². The van der Waals surface area contributed by atoms with Crippen molar-refractivity contribution in [3.63, 3.8) is 0 Å². The number of aromatic nitrogens is 14. The second-order valence-electron chi connectivity index (χ2n) is 20.8. The molecule has 26 nitrogen and oxygen atoms in total. The van der Waals surface area contributed by atoms with E-state index in [0.29, 0.717) is 75.6 Å². The molecule has 3 aliphatic heterocycles. The Balaban J connectivity index is 0.000000158. The maximum atomic E-state index is 12.7. The SMILES string of the molecule is Cc1cc(N2CCN(C(=O)CCl)CC2)ccc1Cl.Cc1cc(N2CCN(C(=O)Cn3cc4c(Cl)ncnc4n3)CC2)ccc1Cl.Cc1cc(N2CCN(C(=O)Cn3ncc4c(Cl)ncnc43)CC2)ccc1Cl.Clc1ncnc2[nH]ncc12.NN.O=Cc1c(Cl)ncnc1Cl. The van der Waals surface area contributed by atoms with E-state index in [1.54, 1.807) is 28.0 Å². The standard InChI is InChI=1S/2C18H18Cl2N6O.C13H16Cl2N2O.C5H2Cl2N2O.C5H3ClN4.H4N2/c1-12-8-13(2-3-15(12)19)24-4-6-25(7-5-24)16(27)10-26-9-14-17(20)21-11-22-18(14)23-26;1-12-8-13(2-3-15(12)19)24-4-6-25(7-5-24)16(27)10-26-18-14(9-23-26)17(20)21-11-22-18;1-10-8-11(2-3-12(10)15)16-4-6-17(7-5-16)13(18)9-14;6-4-3(1-10)5(7)9-2-8-4;6-4-3-1-9-10-5(3)8-2-7-4;1-2/h2*2-3,8-9,11H,4-7,10H2,1H3;2-3,8H,4-7,9H2,1H3;1-2H;1-2H,(H,7,8,9,10);1-2H2. The molecule has 0 atom stereocenters. The predicted molar refractivity (Wildman–Crippen MR) is 369 cm³/mol. The summed E-state index contributed by atoms with van der Waals surface area (Å²) in [7, 11) is 0. The summed E-state index contributed by atoms with van der Waals surface area (Å²) >= 11 is 52.5. The third kappa shape index (κ3) is 18.9. The number of carbonyl (C=O) groups excluding carboxylic acids is 4. The van der Waals surface area contributed by atoms with Gasteiger partial charge in [-0.1, -0.05) is 92.8 Å². The first kappa shape index (κ1) is 72.2. The van der Waals surface area contributed by atoms with Crippen LogP contribution in [0.15, 0.2) is 98.5 Å². The number of hydrogen-bond donors (Lipinski definition) is 3. The van der Waals surface area contributed by atoms with Crippen molar-refractivity contribution >= 4 is 179 Å². The lowest BCUT2D eigenvalue weighted by Crippen LogP contribution is -2.49. The van der Waals surface area contributed by atoms with Crippen LogP contribution in [0.1, 0.15) is 27.0 Å². The molecule has 13 rings (SSSR count). The highest BCUT2D eigenvalue weighted by atomic mass is 35.5. The maximum absolute atomic E-state index is 12.7. The van der Waals surface area contributed by atoms with Crippen molar-refractivity contribution < 1.29 is 19.2 Å². The zero-order valence-corrected chi connectivity index (χ0v) is 57.4. The predicted octanol–water partition coefficient (Wildman–Crippen LogP) is 9.54. The van der Waals surface area contributed by atoms with Crippen molar-refractivity contribution in [3.05, 3.63) is 162 Å². The summed E-state index contributed by atoms with van der Waals surface area (Å²) in [5.41, 5.74) is 8.47. The van der Waals surface area contributed by atoms with E-state index in [0.717, 1.165) is 107 Å². The van der Waals surface area contributed by atoms with Gasteiger partial charge in [-0.25, -0.2) is 44.6 Å². The van der Waals surface area contributed by atoms with E-state index in [1.165, 1.54) is 25.3 Å². The van der Waals surface area contributed by atoms with Gasteiger partial charge in [0.25, 0.3) is 0 Å². The number of nitrogens with one attached hydrogen (secondary N) is 1. The molecule has 94 heavy (non-hydrogen) atoms. The van der Waals surface area contributed by atoms with Gasteiger partial charge < -0.3 is 29.4 Å². The monoisotopic (exact) mass is 1460 g/mol. The van der Waals surface area contributed by atoms with Crippen LogP contribution in [-0.2, 0) is 27.5 Å². The first-order chi connectivity index (χ1) is 45.3. The van der Waals surface area contributed by atoms with Gasteiger partial charge >= 0.3 is 0 Å². The summed E-state index contributed by atoms with van der Waals surface area (Å²) in [5, 5.41) is 20.6. The van der Waals surface area contributed by atoms with Crippen LogP contribution in [0.4, 0.5) is 17.1 Å². The number of hydrazine groups is 1. The van der Waals surface area contributed by atoms with E-state index in [4.69, 9.17) is 104 Å². The van der Waals surface area contributed by atoms with Crippen molar-refractivity contribution in [1.82, 2.24) is 84.3 Å². The average Bonchev–Trinajstić information content (AvgIpc) is 1.68. The Morgan fingerprint density at radius 3 is 1.35 bits per heavy atom. The molecular weight excluding hydrogens is 1400 g/mol. The van der Waals surface area contributed by atoms with Crippen LogP contribution >= 0.6 is 104 Å². The molecule has 494 valence electrons. The summed E-state index contributed by atoms with van der Waals surface area (Å²) in [6, 6.07) is 18.1. The van der Waals surface area contributed by atoms with Crippen LogP contribution in [0.5, 0.6) is 0 Å². The molecule has 3 saturated heterocycles. The Kier molecular flexibility index (Phi) is 26.7. The fourth-order valence-electron chi connectivity index (χ4n) is 9.77. The molecule has 3 fully saturated rings. The van der Waals surface area contributed by atoms with Gasteiger partial charge in [0.1, 0.15) is 70.0 Å². The molecule has 7 aromatic heterocycles. The van der Waals surface area contributed by atoms with Crippen LogP contribution in [-0.4, -0.2) is 193 Å². The van der Waals surface area contributed by atoms with Crippen molar-refractivity contribution in [2.24, 2.45) is 11.7 Å². The average molecular weight is 1460 g/mol. The summed E-state index contributed by atoms with van der Waals surface area (Å²) in [6.07, 6.45) is 10.7. The lowest BCUT2D eigenvalue weighted by molar-refractivity contribution is -0.133. The zero-order valence-electron chi connectivity index (χ0n) is 50.6. The highest BCUT2D eigenvalue weighted by Gasteiger charge is 2.26. The van der Waals surface area contributed by atoms with E-state index in [-0.39, 0.29) is 52.6 Å². The number of nitrogens with two attached hydrogens (primary N) is 2. The Bertz CT molecular complexity index is 4200. The number of hydrogen-bond acceptors (Lipinski definition) is 20. The third-order valence-electron chi connectivity index (χ3n) is 14.9. The number of anilines is 3. The molecule has 0 saturated carbocycles. The number of amides is 3. The Hall–Kier alpha value is -7.60. The molecule has 5 N–H and O–H groups in total. The highest BCUT2D eigenvalue weighted by Crippen LogP contribution is 2.28. The molecule has 0 radical (unpaired) electrons. The minimum absolute atomic E-state index is 0.0154. The Morgan fingerprint density at radius 2 is 0.915 bits per heavy atom. The van der Waals surface area contributed by atoms with Gasteiger partial charge in [0, 0.05) is 117 Å². The first-order valence-corrected chi connectivity index (χ1v) is 32.2. The van der Waals surface area contributed by atoms with E-state index in [1.807, 2.05) is 71.9 Å². The van der Waals surface area contributed by atoms with E-state index < -0.39 is 0 Å². The minimum Gasteiger partial charge on any atom is -0.368 e. The fraction of sp³-hybridized carbons (Fsp3) is 0.305. The molecule has 35 heteroatoms. The molecule has 0 bridgehead atoms. The summed E-state index contributed by atoms with van der Waals surface area (Å²) in [6.45, 7) is 15.2. The molecule has 3 amide bonds. The van der Waals surface area contributed by atoms with Crippen molar-refractivity contribution in [1.29, 1.82) is 0 Å². The number of carbonyl (C=O) groups is 4. The molecule has 0 unspecified atom stereocenters. The quantitative estimate of drug-likeness (QED) is 0.0398. The molecular formula is C59H61Cl9N22O4. The number of halogens is 9. The maximum Gasteiger partial charge on any atom is 0.244 e. The third-order valence-corrected chi connectivity index (χ3v) is 17.9. The van der Waals surface area contributed by atoms with Gasteiger partial charge in [-0.2, -0.15) is 15.3 Å². The van der Waals surface area contributed by atoms with Crippen LogP contribution < -0.4 is 26.4 Å². The number of aldehydes is 1. The normalized spacial score (nSPS) is 13.7. The topological polar surface area (TPSA) is 307 Å². The van der Waals surface area contributed by atoms with E-state index >= 15 is 0 Å². The summed E-state index contributed by atoms with van der Waals surface area (Å²) in [5.74, 6) is 8.13. The number of benzene rings is 3. The smallest absolute Gasteiger partial charge is 0.244 e. The van der Waals surface area contributed by atoms with Crippen molar-refractivity contribution in [2.45, 2.75) is 33.9 Å². The summed E-state index contributed by atoms with van der Waals surface area (Å²) in [4.78, 5) is 90.2. The van der Waals surface area contributed by atoms with Crippen molar-refractivity contribution in [2.75, 3.05) is 99.1 Å². The number of fused-ring (bicyclic) bond motifs is 3. The second-order valence-corrected chi connectivity index (χ2v) is 24.0. The van der Waals surface area contributed by atoms with Gasteiger partial charge in [0.05, 0.1) is 34.1 Å². The fourth-order valence-corrected chi connectivity index (χ4v) is 11.2. The Labute approximate surface area is 584 Å². The molecule has 0 aliphatic carbocycles. The van der Waals surface area contributed by atoms with Gasteiger partial charge in [0.15, 0.2) is 23.2 Å². The van der Waals surface area contributed by atoms with E-state index in [2.05, 4.69) is 105 Å². The second kappa shape index (κ2) is 34.7. The zero-order chi connectivity index (χ0) is 67.6. The van der Waals surface area contributed by atoms with Crippen molar-refractivity contribution in [3.8, 4) is 0 Å². The number of piperazine rings is 3. The van der Waals surface area contributed by atoms with Crippen LogP contribution in [0.3, 0.4) is 0 Å². The summed E-state index contributed by atoms with van der Waals surface area (Å²) < 4.78 is 3.14. The van der Waals surface area contributed by atoms with Gasteiger partial charge in [-0.05, 0) is 92.1 Å². The number of aryl methyl sites for hydroxylation is 3. The number of alkyl halides is 1.